The highest BCUT2D eigenvalue weighted by Gasteiger charge is 2.17. The number of nitrogens with one attached hydrogen (secondary N) is 2. The van der Waals surface area contributed by atoms with Gasteiger partial charge in [-0.2, -0.15) is 0 Å². The zero-order valence-corrected chi connectivity index (χ0v) is 23.9. The lowest BCUT2D eigenvalue weighted by atomic mass is 10.1. The van der Waals surface area contributed by atoms with Gasteiger partial charge in [-0.05, 0) is 72.8 Å². The Balaban J connectivity index is 1.54. The number of thioether (sulfide) groups is 1. The topological polar surface area (TPSA) is 93.7 Å². The number of hydrogen-bond acceptors (Lipinski definition) is 6. The lowest BCUT2D eigenvalue weighted by Crippen LogP contribution is -2.30. The molecular weight excluding hydrogens is 560 g/mol. The number of Topliss-reactive ketones (excluding diaryl/α,β-unsaturated/α-hetero) is 1. The van der Waals surface area contributed by atoms with E-state index in [4.69, 9.17) is 21.1 Å². The van der Waals surface area contributed by atoms with Gasteiger partial charge in [-0.15, -0.1) is 11.8 Å². The van der Waals surface area contributed by atoms with Crippen molar-refractivity contribution >= 4 is 52.7 Å². The highest BCUT2D eigenvalue weighted by Crippen LogP contribution is 2.27. The smallest absolute Gasteiger partial charge is 0.272 e. The first-order chi connectivity index (χ1) is 19.9. The number of rotatable bonds is 11. The molecule has 4 rings (SSSR count). The number of ether oxygens (including phenoxy) is 2. The molecule has 0 fully saturated rings. The van der Waals surface area contributed by atoms with E-state index in [0.29, 0.717) is 38.9 Å². The number of carbonyl (C=O) groups excluding carboxylic acids is 3. The van der Waals surface area contributed by atoms with Crippen LogP contribution in [-0.4, -0.2) is 37.6 Å². The number of benzene rings is 4. The largest absolute Gasteiger partial charge is 0.497 e. The van der Waals surface area contributed by atoms with Crippen LogP contribution in [0.2, 0.25) is 5.02 Å². The van der Waals surface area contributed by atoms with Crippen LogP contribution in [0.3, 0.4) is 0 Å². The van der Waals surface area contributed by atoms with Gasteiger partial charge in [0.2, 0.25) is 0 Å². The SMILES string of the molecule is COc1ccc(/C=C(\NC(=O)c2ccccc2)C(=O)Nc2cccc(SCC(=O)c3ccc(Cl)cc3)c2)c(OC)c1. The number of methoxy groups -OCH3 is 2. The summed E-state index contributed by atoms with van der Waals surface area (Å²) < 4.78 is 10.7. The average Bonchev–Trinajstić information content (AvgIpc) is 3.00. The van der Waals surface area contributed by atoms with Gasteiger partial charge in [-0.25, -0.2) is 0 Å². The fraction of sp³-hybridized carbons (Fsp3) is 0.0938. The van der Waals surface area contributed by atoms with Crippen molar-refractivity contribution in [1.82, 2.24) is 5.32 Å². The molecule has 0 radical (unpaired) electrons. The second-order valence-corrected chi connectivity index (χ2v) is 10.2. The van der Waals surface area contributed by atoms with E-state index in [1.54, 1.807) is 98.1 Å². The minimum Gasteiger partial charge on any atom is -0.497 e. The molecule has 4 aromatic carbocycles. The number of hydrogen-bond donors (Lipinski definition) is 2. The van der Waals surface area contributed by atoms with Crippen LogP contribution in [0.5, 0.6) is 11.5 Å². The standard InChI is InChI=1S/C32H27ClN2O5S/c1-39-26-16-13-23(30(19-26)40-2)17-28(35-31(37)22-7-4-3-5-8-22)32(38)34-25-9-6-10-27(18-25)41-20-29(36)21-11-14-24(33)15-12-21/h3-19H,20H2,1-2H3,(H,34,38)(H,35,37)/b28-17-. The summed E-state index contributed by atoms with van der Waals surface area (Å²) in [6.07, 6.45) is 1.54. The number of amides is 2. The van der Waals surface area contributed by atoms with Gasteiger partial charge < -0.3 is 20.1 Å². The Morgan fingerprint density at radius 1 is 0.829 bits per heavy atom. The van der Waals surface area contributed by atoms with Gasteiger partial charge in [0.25, 0.3) is 11.8 Å². The maximum atomic E-state index is 13.5. The molecule has 0 saturated carbocycles. The van der Waals surface area contributed by atoms with E-state index >= 15 is 0 Å². The van der Waals surface area contributed by atoms with Crippen LogP contribution in [0, 0.1) is 0 Å². The lowest BCUT2D eigenvalue weighted by Gasteiger charge is -2.13. The van der Waals surface area contributed by atoms with Crippen molar-refractivity contribution in [2.24, 2.45) is 0 Å². The summed E-state index contributed by atoms with van der Waals surface area (Å²) in [5, 5.41) is 6.13. The first-order valence-electron chi connectivity index (χ1n) is 12.5. The summed E-state index contributed by atoms with van der Waals surface area (Å²) in [6, 6.07) is 27.6. The summed E-state index contributed by atoms with van der Waals surface area (Å²) in [6.45, 7) is 0. The van der Waals surface area contributed by atoms with E-state index in [0.717, 1.165) is 4.90 Å². The molecule has 7 nitrogen and oxygen atoms in total. The van der Waals surface area contributed by atoms with Gasteiger partial charge in [0.05, 0.1) is 20.0 Å². The number of halogens is 1. The fourth-order valence-electron chi connectivity index (χ4n) is 3.77. The molecule has 0 aromatic heterocycles. The highest BCUT2D eigenvalue weighted by molar-refractivity contribution is 8.00. The van der Waals surface area contributed by atoms with Crippen LogP contribution in [-0.2, 0) is 4.79 Å². The van der Waals surface area contributed by atoms with Gasteiger partial charge in [0, 0.05) is 38.4 Å². The normalized spacial score (nSPS) is 11.0. The predicted octanol–water partition coefficient (Wildman–Crippen LogP) is 6.74. The Kier molecular flexibility index (Phi) is 10.2. The first kappa shape index (κ1) is 29.5. The van der Waals surface area contributed by atoms with Crippen molar-refractivity contribution in [3.63, 3.8) is 0 Å². The monoisotopic (exact) mass is 586 g/mol. The zero-order chi connectivity index (χ0) is 29.2. The van der Waals surface area contributed by atoms with E-state index in [2.05, 4.69) is 10.6 Å². The molecule has 0 aliphatic heterocycles. The molecule has 0 bridgehead atoms. The second kappa shape index (κ2) is 14.2. The van der Waals surface area contributed by atoms with E-state index < -0.39 is 11.8 Å². The van der Waals surface area contributed by atoms with Crippen LogP contribution in [0.15, 0.2) is 108 Å². The Morgan fingerprint density at radius 2 is 1.59 bits per heavy atom. The molecule has 0 unspecified atom stereocenters. The highest BCUT2D eigenvalue weighted by atomic mass is 35.5. The third-order valence-corrected chi connectivity index (χ3v) is 7.14. The van der Waals surface area contributed by atoms with E-state index in [9.17, 15) is 14.4 Å². The average molecular weight is 587 g/mol. The molecule has 0 aliphatic rings. The molecule has 0 atom stereocenters. The lowest BCUT2D eigenvalue weighted by molar-refractivity contribution is -0.113. The molecule has 0 spiro atoms. The molecule has 9 heteroatoms. The predicted molar refractivity (Wildman–Crippen MR) is 163 cm³/mol. The second-order valence-electron chi connectivity index (χ2n) is 8.69. The Morgan fingerprint density at radius 3 is 2.29 bits per heavy atom. The minimum absolute atomic E-state index is 0.0123. The molecular formula is C32H27ClN2O5S. The molecule has 0 aliphatic carbocycles. The Hall–Kier alpha value is -4.53. The van der Waals surface area contributed by atoms with Crippen molar-refractivity contribution in [3.05, 3.63) is 124 Å². The summed E-state index contributed by atoms with van der Waals surface area (Å²) in [5.41, 5.74) is 2.05. The molecule has 0 saturated heterocycles. The fourth-order valence-corrected chi connectivity index (χ4v) is 4.74. The number of ketones is 1. The maximum absolute atomic E-state index is 13.5. The minimum atomic E-state index is -0.536. The molecule has 2 N–H and O–H groups in total. The molecule has 0 heterocycles. The summed E-state index contributed by atoms with van der Waals surface area (Å²) in [7, 11) is 3.05. The van der Waals surface area contributed by atoms with Crippen LogP contribution < -0.4 is 20.1 Å². The van der Waals surface area contributed by atoms with E-state index in [1.807, 2.05) is 6.07 Å². The Labute approximate surface area is 247 Å². The molecule has 208 valence electrons. The van der Waals surface area contributed by atoms with Crippen molar-refractivity contribution in [2.45, 2.75) is 4.90 Å². The zero-order valence-electron chi connectivity index (χ0n) is 22.3. The van der Waals surface area contributed by atoms with Gasteiger partial charge >= 0.3 is 0 Å². The van der Waals surface area contributed by atoms with Crippen LogP contribution in [0.1, 0.15) is 26.3 Å². The quantitative estimate of drug-likeness (QED) is 0.115. The van der Waals surface area contributed by atoms with Crippen LogP contribution in [0.4, 0.5) is 5.69 Å². The van der Waals surface area contributed by atoms with Gasteiger partial charge in [0.1, 0.15) is 17.2 Å². The molecule has 41 heavy (non-hydrogen) atoms. The maximum Gasteiger partial charge on any atom is 0.272 e. The third-order valence-electron chi connectivity index (χ3n) is 5.90. The van der Waals surface area contributed by atoms with Crippen molar-refractivity contribution in [3.8, 4) is 11.5 Å². The molecule has 4 aromatic rings. The summed E-state index contributed by atoms with van der Waals surface area (Å²) >= 11 is 7.26. The van der Waals surface area contributed by atoms with Crippen molar-refractivity contribution in [2.75, 3.05) is 25.3 Å². The summed E-state index contributed by atoms with van der Waals surface area (Å²) in [4.78, 5) is 39.8. The van der Waals surface area contributed by atoms with Crippen LogP contribution in [0.25, 0.3) is 6.08 Å². The van der Waals surface area contributed by atoms with Crippen molar-refractivity contribution < 1.29 is 23.9 Å². The van der Waals surface area contributed by atoms with Crippen LogP contribution >= 0.6 is 23.4 Å². The number of carbonyl (C=O) groups is 3. The van der Waals surface area contributed by atoms with E-state index in [1.165, 1.54) is 24.9 Å². The van der Waals surface area contributed by atoms with E-state index in [-0.39, 0.29) is 17.2 Å². The molecule has 2 amide bonds. The first-order valence-corrected chi connectivity index (χ1v) is 13.9. The van der Waals surface area contributed by atoms with Gasteiger partial charge in [-0.1, -0.05) is 35.9 Å². The number of anilines is 1. The Bertz CT molecular complexity index is 1570. The van der Waals surface area contributed by atoms with Crippen molar-refractivity contribution in [1.29, 1.82) is 0 Å². The van der Waals surface area contributed by atoms with Gasteiger partial charge in [0.15, 0.2) is 5.78 Å². The van der Waals surface area contributed by atoms with Gasteiger partial charge in [-0.3, -0.25) is 14.4 Å². The third kappa shape index (κ3) is 8.23. The summed E-state index contributed by atoms with van der Waals surface area (Å²) in [5.74, 6) is 0.253.